The molecule has 100 valence electrons. The summed E-state index contributed by atoms with van der Waals surface area (Å²) in [6.45, 7) is 7.39. The van der Waals surface area contributed by atoms with Gasteiger partial charge in [0.2, 0.25) is 5.91 Å². The summed E-state index contributed by atoms with van der Waals surface area (Å²) in [4.78, 5) is 17.1. The third-order valence-electron chi connectivity index (χ3n) is 3.97. The lowest BCUT2D eigenvalue weighted by molar-refractivity contribution is -0.132. The first-order valence-corrected chi connectivity index (χ1v) is 7.79. The van der Waals surface area contributed by atoms with E-state index in [-0.39, 0.29) is 0 Å². The minimum atomic E-state index is 0.347. The number of aryl methyl sites for hydroxylation is 1. The second-order valence-corrected chi connectivity index (χ2v) is 6.66. The van der Waals surface area contributed by atoms with Gasteiger partial charge in [0, 0.05) is 34.7 Å². The molecule has 1 aromatic rings. The van der Waals surface area contributed by atoms with Gasteiger partial charge in [0.05, 0.1) is 0 Å². The highest BCUT2D eigenvalue weighted by atomic mass is 32.1. The van der Waals surface area contributed by atoms with Crippen LogP contribution in [0.1, 0.15) is 55.2 Å². The molecule has 2 heterocycles. The van der Waals surface area contributed by atoms with Crippen molar-refractivity contribution in [2.45, 2.75) is 58.4 Å². The molecule has 2 rings (SSSR count). The maximum Gasteiger partial charge on any atom is 0.222 e. The molecule has 1 saturated heterocycles. The van der Waals surface area contributed by atoms with Crippen LogP contribution in [0.2, 0.25) is 0 Å². The molecule has 0 aliphatic carbocycles. The molecule has 3 heteroatoms. The molecule has 1 aliphatic rings. The second-order valence-electron chi connectivity index (χ2n) is 5.34. The predicted octanol–water partition coefficient (Wildman–Crippen LogP) is 3.95. The predicted molar refractivity (Wildman–Crippen MR) is 77.1 cm³/mol. The van der Waals surface area contributed by atoms with Crippen molar-refractivity contribution < 1.29 is 4.79 Å². The molecular weight excluding hydrogens is 242 g/mol. The summed E-state index contributed by atoms with van der Waals surface area (Å²) in [6, 6.07) is 4.81. The van der Waals surface area contributed by atoms with Crippen molar-refractivity contribution in [3.63, 3.8) is 0 Å². The average molecular weight is 265 g/mol. The summed E-state index contributed by atoms with van der Waals surface area (Å²) in [6.07, 6.45) is 3.96. The number of amides is 1. The van der Waals surface area contributed by atoms with E-state index < -0.39 is 0 Å². The number of rotatable bonds is 3. The highest BCUT2D eigenvalue weighted by molar-refractivity contribution is 7.12. The Morgan fingerprint density at radius 3 is 2.89 bits per heavy atom. The Labute approximate surface area is 114 Å². The number of carbonyl (C=O) groups excluding carboxylic acids is 1. The zero-order valence-electron chi connectivity index (χ0n) is 11.6. The van der Waals surface area contributed by atoms with Gasteiger partial charge in [0.15, 0.2) is 0 Å². The fraction of sp³-hybridized carbons (Fsp3) is 0.667. The van der Waals surface area contributed by atoms with Gasteiger partial charge in [0.25, 0.3) is 0 Å². The van der Waals surface area contributed by atoms with E-state index in [2.05, 4.69) is 37.8 Å². The maximum absolute atomic E-state index is 12.1. The largest absolute Gasteiger partial charge is 0.339 e. The van der Waals surface area contributed by atoms with E-state index in [1.807, 2.05) is 11.3 Å². The molecule has 1 amide bonds. The Morgan fingerprint density at radius 1 is 1.50 bits per heavy atom. The zero-order chi connectivity index (χ0) is 13.1. The van der Waals surface area contributed by atoms with Gasteiger partial charge in [-0.05, 0) is 45.2 Å². The van der Waals surface area contributed by atoms with Crippen LogP contribution in [-0.4, -0.2) is 23.4 Å². The summed E-state index contributed by atoms with van der Waals surface area (Å²) < 4.78 is 0. The van der Waals surface area contributed by atoms with Crippen LogP contribution in [0.15, 0.2) is 12.1 Å². The molecule has 0 bridgehead atoms. The van der Waals surface area contributed by atoms with Crippen LogP contribution in [0.5, 0.6) is 0 Å². The summed E-state index contributed by atoms with van der Waals surface area (Å²) in [5.74, 6) is 0.893. The molecule has 2 nitrogen and oxygen atoms in total. The lowest BCUT2D eigenvalue weighted by atomic mass is 10.0. The van der Waals surface area contributed by atoms with Crippen molar-refractivity contribution in [2.24, 2.45) is 0 Å². The van der Waals surface area contributed by atoms with E-state index in [0.29, 0.717) is 17.9 Å². The normalized spacial score (nSPS) is 22.9. The standard InChI is InChI=1S/C15H23NOS/c1-4-11(2)16-10-13(6-5-7-15(16)17)14-9-8-12(3)18-14/h8-9,11,13H,4-7,10H2,1-3H3. The quantitative estimate of drug-likeness (QED) is 0.810. The van der Waals surface area contributed by atoms with E-state index >= 15 is 0 Å². The van der Waals surface area contributed by atoms with Crippen molar-refractivity contribution in [2.75, 3.05) is 6.54 Å². The third-order valence-corrected chi connectivity index (χ3v) is 5.13. The van der Waals surface area contributed by atoms with Crippen LogP contribution >= 0.6 is 11.3 Å². The topological polar surface area (TPSA) is 20.3 Å². The van der Waals surface area contributed by atoms with Crippen molar-refractivity contribution in [3.8, 4) is 0 Å². The number of nitrogens with zero attached hydrogens (tertiary/aromatic N) is 1. The van der Waals surface area contributed by atoms with E-state index in [0.717, 1.165) is 32.2 Å². The van der Waals surface area contributed by atoms with Crippen LogP contribution in [0, 0.1) is 6.92 Å². The molecule has 0 N–H and O–H groups in total. The van der Waals surface area contributed by atoms with Gasteiger partial charge in [-0.2, -0.15) is 0 Å². The summed E-state index contributed by atoms with van der Waals surface area (Å²) in [5.41, 5.74) is 0. The average Bonchev–Trinajstić information content (AvgIpc) is 2.69. The molecule has 1 fully saturated rings. The molecular formula is C15H23NOS. The van der Waals surface area contributed by atoms with Crippen molar-refractivity contribution >= 4 is 17.2 Å². The summed E-state index contributed by atoms with van der Waals surface area (Å²) >= 11 is 1.89. The fourth-order valence-electron chi connectivity index (χ4n) is 2.63. The molecule has 2 atom stereocenters. The maximum atomic E-state index is 12.1. The molecule has 1 aromatic heterocycles. The lowest BCUT2D eigenvalue weighted by Gasteiger charge is -2.29. The van der Waals surface area contributed by atoms with Crippen molar-refractivity contribution in [3.05, 3.63) is 21.9 Å². The Bertz CT molecular complexity index is 412. The van der Waals surface area contributed by atoms with Gasteiger partial charge in [-0.15, -0.1) is 11.3 Å². The fourth-order valence-corrected chi connectivity index (χ4v) is 3.63. The zero-order valence-corrected chi connectivity index (χ0v) is 12.4. The van der Waals surface area contributed by atoms with Gasteiger partial charge < -0.3 is 4.90 Å². The number of hydrogen-bond acceptors (Lipinski definition) is 2. The van der Waals surface area contributed by atoms with Crippen LogP contribution in [0.25, 0.3) is 0 Å². The van der Waals surface area contributed by atoms with Gasteiger partial charge in [-0.1, -0.05) is 6.92 Å². The summed E-state index contributed by atoms with van der Waals surface area (Å²) in [5, 5.41) is 0. The molecule has 0 spiro atoms. The smallest absolute Gasteiger partial charge is 0.222 e. The van der Waals surface area contributed by atoms with Crippen molar-refractivity contribution in [1.29, 1.82) is 0 Å². The van der Waals surface area contributed by atoms with E-state index in [4.69, 9.17) is 0 Å². The third kappa shape index (κ3) is 2.94. The summed E-state index contributed by atoms with van der Waals surface area (Å²) in [7, 11) is 0. The van der Waals surface area contributed by atoms with Crippen LogP contribution < -0.4 is 0 Å². The number of thiophene rings is 1. The Hall–Kier alpha value is -0.830. The molecule has 0 aromatic carbocycles. The van der Waals surface area contributed by atoms with E-state index in [1.165, 1.54) is 9.75 Å². The highest BCUT2D eigenvalue weighted by Crippen LogP contribution is 2.32. The minimum absolute atomic E-state index is 0.347. The minimum Gasteiger partial charge on any atom is -0.339 e. The molecule has 2 unspecified atom stereocenters. The van der Waals surface area contributed by atoms with Crippen LogP contribution in [0.3, 0.4) is 0 Å². The van der Waals surface area contributed by atoms with E-state index in [1.54, 1.807) is 0 Å². The van der Waals surface area contributed by atoms with Gasteiger partial charge in [-0.3, -0.25) is 4.79 Å². The van der Waals surface area contributed by atoms with Gasteiger partial charge in [-0.25, -0.2) is 0 Å². The monoisotopic (exact) mass is 265 g/mol. The number of carbonyl (C=O) groups is 1. The van der Waals surface area contributed by atoms with E-state index in [9.17, 15) is 4.79 Å². The van der Waals surface area contributed by atoms with Gasteiger partial charge in [0.1, 0.15) is 0 Å². The Morgan fingerprint density at radius 2 is 2.28 bits per heavy atom. The number of hydrogen-bond donors (Lipinski definition) is 0. The first-order valence-electron chi connectivity index (χ1n) is 6.97. The highest BCUT2D eigenvalue weighted by Gasteiger charge is 2.27. The Kier molecular flexibility index (Phi) is 4.44. The first kappa shape index (κ1) is 13.6. The molecule has 0 saturated carbocycles. The lowest BCUT2D eigenvalue weighted by Crippen LogP contribution is -2.39. The Balaban J connectivity index is 2.15. The van der Waals surface area contributed by atoms with Crippen LogP contribution in [-0.2, 0) is 4.79 Å². The molecule has 0 radical (unpaired) electrons. The first-order chi connectivity index (χ1) is 8.61. The molecule has 18 heavy (non-hydrogen) atoms. The van der Waals surface area contributed by atoms with Crippen molar-refractivity contribution in [1.82, 2.24) is 4.90 Å². The van der Waals surface area contributed by atoms with Crippen LogP contribution in [0.4, 0.5) is 0 Å². The van der Waals surface area contributed by atoms with Gasteiger partial charge >= 0.3 is 0 Å². The number of likely N-dealkylation sites (tertiary alicyclic amines) is 1. The second kappa shape index (κ2) is 5.87. The SMILES string of the molecule is CCC(C)N1CC(c2ccc(C)s2)CCCC1=O. The molecule has 1 aliphatic heterocycles.